The summed E-state index contributed by atoms with van der Waals surface area (Å²) >= 11 is 0. The van der Waals surface area contributed by atoms with Gasteiger partial charge in [0.25, 0.3) is 0 Å². The van der Waals surface area contributed by atoms with Crippen LogP contribution in [-0.2, 0) is 0 Å². The van der Waals surface area contributed by atoms with Crippen molar-refractivity contribution in [2.45, 2.75) is 0 Å². The fourth-order valence-corrected chi connectivity index (χ4v) is 1.93. The SMILES string of the molecule is O=Cc1cn(-c2ccc(F)cc2)nc1-c1cccnc1. The average Bonchev–Trinajstić information content (AvgIpc) is 2.93. The summed E-state index contributed by atoms with van der Waals surface area (Å²) in [5, 5.41) is 4.37. The molecule has 0 saturated heterocycles. The Kier molecular flexibility index (Phi) is 3.09. The zero-order valence-electron chi connectivity index (χ0n) is 10.4. The number of aromatic nitrogens is 3. The Hall–Kier alpha value is -2.82. The van der Waals surface area contributed by atoms with Crippen LogP contribution >= 0.6 is 0 Å². The van der Waals surface area contributed by atoms with Crippen molar-refractivity contribution in [1.82, 2.24) is 14.8 Å². The summed E-state index contributed by atoms with van der Waals surface area (Å²) < 4.78 is 14.5. The van der Waals surface area contributed by atoms with Gasteiger partial charge in [-0.25, -0.2) is 9.07 Å². The van der Waals surface area contributed by atoms with Crippen molar-refractivity contribution < 1.29 is 9.18 Å². The molecule has 0 fully saturated rings. The maximum Gasteiger partial charge on any atom is 0.153 e. The van der Waals surface area contributed by atoms with Crippen molar-refractivity contribution in [3.63, 3.8) is 0 Å². The lowest BCUT2D eigenvalue weighted by atomic mass is 10.1. The first-order valence-electron chi connectivity index (χ1n) is 5.99. The largest absolute Gasteiger partial charge is 0.298 e. The minimum absolute atomic E-state index is 0.316. The Morgan fingerprint density at radius 3 is 2.60 bits per heavy atom. The highest BCUT2D eigenvalue weighted by atomic mass is 19.1. The molecule has 0 N–H and O–H groups in total. The maximum absolute atomic E-state index is 12.9. The summed E-state index contributed by atoms with van der Waals surface area (Å²) in [7, 11) is 0. The van der Waals surface area contributed by atoms with E-state index < -0.39 is 0 Å². The second-order valence-corrected chi connectivity index (χ2v) is 4.21. The van der Waals surface area contributed by atoms with Crippen LogP contribution in [0.4, 0.5) is 4.39 Å². The first kappa shape index (κ1) is 12.2. The quantitative estimate of drug-likeness (QED) is 0.685. The Bertz CT molecular complexity index is 736. The smallest absolute Gasteiger partial charge is 0.153 e. The topological polar surface area (TPSA) is 47.8 Å². The number of hydrogen-bond acceptors (Lipinski definition) is 3. The van der Waals surface area contributed by atoms with Gasteiger partial charge in [0.05, 0.1) is 11.3 Å². The van der Waals surface area contributed by atoms with Crippen LogP contribution in [0.1, 0.15) is 10.4 Å². The van der Waals surface area contributed by atoms with Gasteiger partial charge in [0.15, 0.2) is 6.29 Å². The highest BCUT2D eigenvalue weighted by Gasteiger charge is 2.11. The minimum atomic E-state index is -0.316. The molecule has 2 aromatic heterocycles. The molecule has 0 aliphatic carbocycles. The minimum Gasteiger partial charge on any atom is -0.298 e. The van der Waals surface area contributed by atoms with E-state index in [-0.39, 0.29) is 5.82 Å². The van der Waals surface area contributed by atoms with Gasteiger partial charge in [-0.05, 0) is 36.4 Å². The van der Waals surface area contributed by atoms with Gasteiger partial charge < -0.3 is 0 Å². The number of aldehydes is 1. The molecule has 2 heterocycles. The van der Waals surface area contributed by atoms with Gasteiger partial charge in [0.2, 0.25) is 0 Å². The van der Waals surface area contributed by atoms with Crippen molar-refractivity contribution in [3.05, 3.63) is 66.4 Å². The third kappa shape index (κ3) is 2.21. The lowest BCUT2D eigenvalue weighted by Gasteiger charge is -2.00. The number of rotatable bonds is 3. The third-order valence-electron chi connectivity index (χ3n) is 2.90. The molecule has 98 valence electrons. The first-order chi connectivity index (χ1) is 9.78. The molecule has 0 amide bonds. The zero-order chi connectivity index (χ0) is 13.9. The molecule has 4 nitrogen and oxygen atoms in total. The van der Waals surface area contributed by atoms with E-state index in [1.165, 1.54) is 12.1 Å². The van der Waals surface area contributed by atoms with Gasteiger partial charge in [0.1, 0.15) is 11.5 Å². The van der Waals surface area contributed by atoms with E-state index in [1.807, 2.05) is 6.07 Å². The molecule has 0 aliphatic rings. The molecule has 1 aromatic carbocycles. The molecule has 20 heavy (non-hydrogen) atoms. The molecule has 0 saturated carbocycles. The Labute approximate surface area is 114 Å². The van der Waals surface area contributed by atoms with Crippen molar-refractivity contribution in [2.75, 3.05) is 0 Å². The van der Waals surface area contributed by atoms with E-state index in [0.29, 0.717) is 16.9 Å². The van der Waals surface area contributed by atoms with Crippen LogP contribution in [0.5, 0.6) is 0 Å². The maximum atomic E-state index is 12.9. The molecular formula is C15H10FN3O. The molecular weight excluding hydrogens is 257 g/mol. The molecule has 5 heteroatoms. The molecule has 0 unspecified atom stereocenters. The average molecular weight is 267 g/mol. The summed E-state index contributed by atoms with van der Waals surface area (Å²) in [6.45, 7) is 0. The number of nitrogens with zero attached hydrogens (tertiary/aromatic N) is 3. The number of benzene rings is 1. The number of hydrogen-bond donors (Lipinski definition) is 0. The van der Waals surface area contributed by atoms with Crippen molar-refractivity contribution in [3.8, 4) is 16.9 Å². The highest BCUT2D eigenvalue weighted by Crippen LogP contribution is 2.21. The van der Waals surface area contributed by atoms with E-state index in [1.54, 1.807) is 41.5 Å². The van der Waals surface area contributed by atoms with Gasteiger partial charge in [-0.15, -0.1) is 0 Å². The van der Waals surface area contributed by atoms with Crippen LogP contribution in [0.15, 0.2) is 55.0 Å². The molecule has 0 aliphatic heterocycles. The standard InChI is InChI=1S/C15H10FN3O/c16-13-3-5-14(6-4-13)19-9-12(10-20)15(18-19)11-2-1-7-17-8-11/h1-10H. The molecule has 0 radical (unpaired) electrons. The summed E-state index contributed by atoms with van der Waals surface area (Å²) in [4.78, 5) is 15.2. The zero-order valence-corrected chi connectivity index (χ0v) is 10.4. The normalized spacial score (nSPS) is 10.4. The number of carbonyl (C=O) groups excluding carboxylic acids is 1. The third-order valence-corrected chi connectivity index (χ3v) is 2.90. The Morgan fingerprint density at radius 2 is 1.95 bits per heavy atom. The van der Waals surface area contributed by atoms with Crippen LogP contribution in [-0.4, -0.2) is 21.1 Å². The van der Waals surface area contributed by atoms with E-state index in [9.17, 15) is 9.18 Å². The lowest BCUT2D eigenvalue weighted by Crippen LogP contribution is -1.94. The van der Waals surface area contributed by atoms with Gasteiger partial charge in [-0.3, -0.25) is 9.78 Å². The van der Waals surface area contributed by atoms with E-state index >= 15 is 0 Å². The van der Waals surface area contributed by atoms with Crippen LogP contribution in [0.2, 0.25) is 0 Å². The van der Waals surface area contributed by atoms with E-state index in [0.717, 1.165) is 11.8 Å². The molecule has 0 spiro atoms. The van der Waals surface area contributed by atoms with Crippen molar-refractivity contribution in [1.29, 1.82) is 0 Å². The summed E-state index contributed by atoms with van der Waals surface area (Å²) in [5.74, 6) is -0.316. The predicted molar refractivity (Wildman–Crippen MR) is 72.1 cm³/mol. The van der Waals surface area contributed by atoms with Crippen LogP contribution in [0.25, 0.3) is 16.9 Å². The van der Waals surface area contributed by atoms with Gasteiger partial charge in [-0.1, -0.05) is 0 Å². The van der Waals surface area contributed by atoms with E-state index in [4.69, 9.17) is 0 Å². The first-order valence-corrected chi connectivity index (χ1v) is 5.99. The fraction of sp³-hybridized carbons (Fsp3) is 0. The number of carbonyl (C=O) groups is 1. The molecule has 3 aromatic rings. The molecule has 0 atom stereocenters. The summed E-state index contributed by atoms with van der Waals surface area (Å²) in [6, 6.07) is 9.51. The Balaban J connectivity index is 2.09. The van der Waals surface area contributed by atoms with Crippen molar-refractivity contribution in [2.24, 2.45) is 0 Å². The Morgan fingerprint density at radius 1 is 1.15 bits per heavy atom. The monoisotopic (exact) mass is 267 g/mol. The predicted octanol–water partition coefficient (Wildman–Crippen LogP) is 2.89. The summed E-state index contributed by atoms with van der Waals surface area (Å²) in [6.07, 6.45) is 5.66. The fourth-order valence-electron chi connectivity index (χ4n) is 1.93. The van der Waals surface area contributed by atoms with Gasteiger partial charge in [0, 0.05) is 24.2 Å². The van der Waals surface area contributed by atoms with Crippen LogP contribution < -0.4 is 0 Å². The number of halogens is 1. The molecule has 0 bridgehead atoms. The summed E-state index contributed by atoms with van der Waals surface area (Å²) in [5.41, 5.74) is 2.46. The second kappa shape index (κ2) is 5.05. The lowest BCUT2D eigenvalue weighted by molar-refractivity contribution is 0.112. The van der Waals surface area contributed by atoms with Gasteiger partial charge in [-0.2, -0.15) is 5.10 Å². The van der Waals surface area contributed by atoms with Gasteiger partial charge >= 0.3 is 0 Å². The second-order valence-electron chi connectivity index (χ2n) is 4.21. The van der Waals surface area contributed by atoms with E-state index in [2.05, 4.69) is 10.1 Å². The molecule has 3 rings (SSSR count). The van der Waals surface area contributed by atoms with Crippen molar-refractivity contribution >= 4 is 6.29 Å². The number of pyridine rings is 1. The highest BCUT2D eigenvalue weighted by molar-refractivity contribution is 5.85. The van der Waals surface area contributed by atoms with Crippen LogP contribution in [0.3, 0.4) is 0 Å². The van der Waals surface area contributed by atoms with Crippen LogP contribution in [0, 0.1) is 5.82 Å².